The van der Waals surface area contributed by atoms with Gasteiger partial charge in [0.25, 0.3) is 0 Å². The van der Waals surface area contributed by atoms with Crippen molar-refractivity contribution in [3.8, 4) is 0 Å². The van der Waals surface area contributed by atoms with Crippen molar-refractivity contribution in [3.05, 3.63) is 57.6 Å². The summed E-state index contributed by atoms with van der Waals surface area (Å²) in [6, 6.07) is 10.6. The lowest BCUT2D eigenvalue weighted by molar-refractivity contribution is -0.143. The summed E-state index contributed by atoms with van der Waals surface area (Å²) in [5, 5.41) is 3.02. The van der Waals surface area contributed by atoms with Gasteiger partial charge in [0.1, 0.15) is 0 Å². The van der Waals surface area contributed by atoms with E-state index < -0.39 is 23.3 Å². The van der Waals surface area contributed by atoms with Crippen LogP contribution in [0.1, 0.15) is 61.6 Å². The number of nitrogens with two attached hydrogens (primary N) is 1. The van der Waals surface area contributed by atoms with Gasteiger partial charge in [0, 0.05) is 61.4 Å². The van der Waals surface area contributed by atoms with E-state index in [-0.39, 0.29) is 41.2 Å². The molecule has 0 saturated carbocycles. The summed E-state index contributed by atoms with van der Waals surface area (Å²) in [6.45, 7) is 4.76. The third kappa shape index (κ3) is 7.77. The number of nitrogens with one attached hydrogen (secondary N) is 1. The smallest absolute Gasteiger partial charge is 0.397 e. The van der Waals surface area contributed by atoms with Crippen LogP contribution < -0.4 is 11.1 Å². The first-order valence-corrected chi connectivity index (χ1v) is 17.9. The Kier molecular flexibility index (Phi) is 10.5. The summed E-state index contributed by atoms with van der Waals surface area (Å²) in [7, 11) is 0. The van der Waals surface area contributed by atoms with Crippen LogP contribution in [0.2, 0.25) is 0 Å². The van der Waals surface area contributed by atoms with Crippen molar-refractivity contribution in [2.24, 2.45) is 5.92 Å². The van der Waals surface area contributed by atoms with Gasteiger partial charge in [-0.25, -0.2) is 4.79 Å². The van der Waals surface area contributed by atoms with Crippen LogP contribution in [0.4, 0.5) is 29.3 Å². The van der Waals surface area contributed by atoms with Crippen molar-refractivity contribution in [3.63, 3.8) is 0 Å². The Bertz CT molecular complexity index is 1500. The first-order chi connectivity index (χ1) is 23.0. The highest BCUT2D eigenvalue weighted by atomic mass is 79.9. The number of hydrogen-bond donors (Lipinski definition) is 2. The van der Waals surface area contributed by atoms with Crippen LogP contribution >= 0.6 is 15.9 Å². The van der Waals surface area contributed by atoms with Gasteiger partial charge in [-0.3, -0.25) is 9.59 Å². The molecule has 2 aromatic rings. The lowest BCUT2D eigenvalue weighted by Gasteiger charge is -2.39. The second-order valence-corrected chi connectivity index (χ2v) is 14.4. The molecule has 0 aromatic heterocycles. The average molecular weight is 734 g/mol. The first-order valence-electron chi connectivity index (χ1n) is 17.1. The number of halogens is 4. The molecule has 4 heterocycles. The van der Waals surface area contributed by atoms with Crippen molar-refractivity contribution in [2.75, 3.05) is 56.9 Å². The molecule has 260 valence electrons. The van der Waals surface area contributed by atoms with Gasteiger partial charge in [0.15, 0.2) is 0 Å². The molecule has 0 radical (unpaired) electrons. The average Bonchev–Trinajstić information content (AvgIpc) is 3.56. The zero-order valence-electron chi connectivity index (χ0n) is 27.1. The maximum absolute atomic E-state index is 14.0. The van der Waals surface area contributed by atoms with Crippen molar-refractivity contribution in [1.82, 2.24) is 19.6 Å². The summed E-state index contributed by atoms with van der Waals surface area (Å²) in [5.74, 6) is -1.21. The minimum absolute atomic E-state index is 0.0104. The normalized spacial score (nSPS) is 20.8. The maximum atomic E-state index is 14.0. The zero-order chi connectivity index (χ0) is 34.0. The molecular weight excluding hydrogens is 689 g/mol. The van der Waals surface area contributed by atoms with Crippen molar-refractivity contribution in [2.45, 2.75) is 76.0 Å². The number of para-hydroxylation sites is 1. The topological polar surface area (TPSA) is 102 Å². The molecule has 6 rings (SSSR count). The number of alkyl halides is 3. The molecule has 48 heavy (non-hydrogen) atoms. The maximum Gasteiger partial charge on any atom is 0.418 e. The number of amides is 4. The molecular formula is C35H44BrF3N6O3. The van der Waals surface area contributed by atoms with E-state index >= 15 is 0 Å². The monoisotopic (exact) mass is 732 g/mol. The Hall–Kier alpha value is -3.32. The highest BCUT2D eigenvalue weighted by Gasteiger charge is 2.37. The third-order valence-corrected chi connectivity index (χ3v) is 11.2. The van der Waals surface area contributed by atoms with Crippen LogP contribution in [0.25, 0.3) is 0 Å². The number of nitrogens with zero attached hydrogens (tertiary/aromatic N) is 4. The van der Waals surface area contributed by atoms with Gasteiger partial charge in [-0.2, -0.15) is 13.2 Å². The molecule has 2 aromatic carbocycles. The Morgan fingerprint density at radius 2 is 1.56 bits per heavy atom. The molecule has 1 atom stereocenters. The number of anilines is 2. The zero-order valence-corrected chi connectivity index (χ0v) is 28.7. The van der Waals surface area contributed by atoms with E-state index in [1.165, 1.54) is 18.9 Å². The second kappa shape index (κ2) is 14.7. The Morgan fingerprint density at radius 3 is 2.25 bits per heavy atom. The predicted molar refractivity (Wildman–Crippen MR) is 181 cm³/mol. The van der Waals surface area contributed by atoms with Crippen LogP contribution in [0.15, 0.2) is 40.9 Å². The lowest BCUT2D eigenvalue weighted by atomic mass is 9.91. The Labute approximate surface area is 288 Å². The van der Waals surface area contributed by atoms with Gasteiger partial charge in [0.05, 0.1) is 17.2 Å². The van der Waals surface area contributed by atoms with Crippen LogP contribution in [-0.2, 0) is 28.6 Å². The number of hydrogen-bond acceptors (Lipinski definition) is 5. The summed E-state index contributed by atoms with van der Waals surface area (Å²) < 4.78 is 41.6. The van der Waals surface area contributed by atoms with Crippen LogP contribution in [0.3, 0.4) is 0 Å². The summed E-state index contributed by atoms with van der Waals surface area (Å²) in [4.78, 5) is 48.7. The Balaban J connectivity index is 1.12. The number of carbonyl (C=O) groups excluding carboxylic acids is 3. The lowest BCUT2D eigenvalue weighted by Crippen LogP contribution is -2.51. The predicted octanol–water partition coefficient (Wildman–Crippen LogP) is 5.77. The molecule has 3 N–H and O–H groups in total. The fraction of sp³-hybridized carbons (Fsp3) is 0.571. The molecule has 4 aliphatic heterocycles. The number of urea groups is 1. The summed E-state index contributed by atoms with van der Waals surface area (Å²) in [6.07, 6.45) is 1.27. The highest BCUT2D eigenvalue weighted by molar-refractivity contribution is 9.10. The minimum Gasteiger partial charge on any atom is -0.397 e. The molecule has 0 unspecified atom stereocenters. The minimum atomic E-state index is -4.66. The molecule has 3 fully saturated rings. The molecule has 0 spiro atoms. The van der Waals surface area contributed by atoms with Crippen LogP contribution in [0, 0.1) is 5.92 Å². The van der Waals surface area contributed by atoms with E-state index in [1.807, 2.05) is 29.2 Å². The number of carbonyl (C=O) groups is 3. The fourth-order valence-corrected chi connectivity index (χ4v) is 8.39. The fourth-order valence-electron chi connectivity index (χ4n) is 7.88. The largest absolute Gasteiger partial charge is 0.418 e. The summed E-state index contributed by atoms with van der Waals surface area (Å²) >= 11 is 3.17. The van der Waals surface area contributed by atoms with Gasteiger partial charge in [-0.15, -0.1) is 0 Å². The molecule has 9 nitrogen and oxygen atoms in total. The number of likely N-dealkylation sites (tertiary alicyclic amines) is 3. The van der Waals surface area contributed by atoms with Gasteiger partial charge in [-0.1, -0.05) is 18.2 Å². The molecule has 4 amide bonds. The second-order valence-electron chi connectivity index (χ2n) is 13.6. The summed E-state index contributed by atoms with van der Waals surface area (Å²) in [5.41, 5.74) is 6.61. The van der Waals surface area contributed by atoms with E-state index in [4.69, 9.17) is 5.73 Å². The standard InChI is InChI=1S/C35H44BrF3N6O3/c36-29-21-23(20-28(32(29)40)35(37,38)39)19-25(33(47)44-16-8-26(9-17-44)42-12-3-4-13-42)22-31(46)43-14-10-27(11-15-43)45-18-7-24-5-1-2-6-30(24)41-34(45)48/h1-2,5-6,20-21,25-27H,3-4,7-19,22,40H2,(H,41,48)/t25-/m0/s1. The van der Waals surface area contributed by atoms with Gasteiger partial charge in [-0.05, 0) is 110 Å². The molecule has 3 saturated heterocycles. The van der Waals surface area contributed by atoms with E-state index in [1.54, 1.807) is 9.80 Å². The van der Waals surface area contributed by atoms with Crippen LogP contribution in [-0.4, -0.2) is 95.3 Å². The Morgan fingerprint density at radius 1 is 0.917 bits per heavy atom. The molecule has 0 bridgehead atoms. The van der Waals surface area contributed by atoms with E-state index in [2.05, 4.69) is 26.1 Å². The van der Waals surface area contributed by atoms with Crippen molar-refractivity contribution < 1.29 is 27.6 Å². The van der Waals surface area contributed by atoms with Gasteiger partial charge < -0.3 is 30.7 Å². The van der Waals surface area contributed by atoms with E-state index in [0.29, 0.717) is 57.2 Å². The van der Waals surface area contributed by atoms with E-state index in [0.717, 1.165) is 49.7 Å². The molecule has 0 aliphatic carbocycles. The quantitative estimate of drug-likeness (QED) is 0.353. The van der Waals surface area contributed by atoms with Crippen molar-refractivity contribution in [1.29, 1.82) is 0 Å². The third-order valence-electron chi connectivity index (χ3n) is 10.6. The molecule has 13 heteroatoms. The SMILES string of the molecule is Nc1c(Br)cc(C[C@@H](CC(=O)N2CCC(N3CCc4ccccc4NC3=O)CC2)C(=O)N2CCC(N3CCCC3)CC2)cc1C(F)(F)F. The van der Waals surface area contributed by atoms with Crippen LogP contribution in [0.5, 0.6) is 0 Å². The highest BCUT2D eigenvalue weighted by Crippen LogP contribution is 2.39. The van der Waals surface area contributed by atoms with E-state index in [9.17, 15) is 27.6 Å². The number of fused-ring (bicyclic) bond motifs is 1. The van der Waals surface area contributed by atoms with Gasteiger partial charge in [0.2, 0.25) is 11.8 Å². The number of nitrogen functional groups attached to an aromatic ring is 1. The van der Waals surface area contributed by atoms with Gasteiger partial charge >= 0.3 is 12.2 Å². The first kappa shape index (κ1) is 34.5. The number of piperidine rings is 2. The number of benzene rings is 2. The van der Waals surface area contributed by atoms with Crippen molar-refractivity contribution >= 4 is 45.2 Å². The molecule has 4 aliphatic rings. The number of rotatable bonds is 7.